The summed E-state index contributed by atoms with van der Waals surface area (Å²) in [4.78, 5) is 27.7. The zero-order valence-corrected chi connectivity index (χ0v) is 14.8. The van der Waals surface area contributed by atoms with Crippen molar-refractivity contribution in [3.8, 4) is 0 Å². The van der Waals surface area contributed by atoms with Crippen molar-refractivity contribution in [3.63, 3.8) is 0 Å². The van der Waals surface area contributed by atoms with E-state index in [0.717, 1.165) is 5.56 Å². The number of hydrogen-bond donors (Lipinski definition) is 0. The van der Waals surface area contributed by atoms with Crippen LogP contribution in [0, 0.1) is 0 Å². The average molecular weight is 334 g/mol. The zero-order chi connectivity index (χ0) is 17.7. The van der Waals surface area contributed by atoms with Gasteiger partial charge in [-0.25, -0.2) is 9.59 Å². The van der Waals surface area contributed by atoms with Crippen LogP contribution in [0.2, 0.25) is 0 Å². The molecule has 1 aromatic carbocycles. The van der Waals surface area contributed by atoms with Crippen LogP contribution in [0.15, 0.2) is 30.3 Å². The molecule has 1 aliphatic heterocycles. The normalized spacial score (nSPS) is 18.2. The minimum atomic E-state index is -0.525. The van der Waals surface area contributed by atoms with E-state index in [1.165, 1.54) is 0 Å². The first-order valence-electron chi connectivity index (χ1n) is 8.21. The van der Waals surface area contributed by atoms with Gasteiger partial charge in [0.25, 0.3) is 0 Å². The van der Waals surface area contributed by atoms with Gasteiger partial charge in [0.1, 0.15) is 12.2 Å². The summed E-state index contributed by atoms with van der Waals surface area (Å²) in [6, 6.07) is 9.45. The Labute approximate surface area is 143 Å². The summed E-state index contributed by atoms with van der Waals surface area (Å²) in [5.41, 5.74) is 0.425. The molecule has 0 unspecified atom stereocenters. The standard InChI is InChI=1S/C18H26N2O4/c1-14-12-19(10-11-20(14)17(22)24-18(2,3)4)16(21)23-13-15-8-6-5-7-9-15/h5-9,14H,10-13H2,1-4H3/t14-/m1/s1. The van der Waals surface area contributed by atoms with E-state index < -0.39 is 5.60 Å². The van der Waals surface area contributed by atoms with Crippen molar-refractivity contribution in [1.29, 1.82) is 0 Å². The molecule has 0 saturated carbocycles. The van der Waals surface area contributed by atoms with Gasteiger partial charge in [0.2, 0.25) is 0 Å². The molecule has 24 heavy (non-hydrogen) atoms. The van der Waals surface area contributed by atoms with E-state index in [4.69, 9.17) is 9.47 Å². The number of amides is 2. The van der Waals surface area contributed by atoms with Crippen LogP contribution < -0.4 is 0 Å². The Hall–Kier alpha value is -2.24. The van der Waals surface area contributed by atoms with Crippen LogP contribution in [0.25, 0.3) is 0 Å². The number of hydrogen-bond acceptors (Lipinski definition) is 4. The molecule has 0 N–H and O–H groups in total. The van der Waals surface area contributed by atoms with Crippen LogP contribution in [0.5, 0.6) is 0 Å². The lowest BCUT2D eigenvalue weighted by Crippen LogP contribution is -2.56. The number of carbonyl (C=O) groups is 2. The fourth-order valence-corrected chi connectivity index (χ4v) is 2.53. The lowest BCUT2D eigenvalue weighted by Gasteiger charge is -2.39. The van der Waals surface area contributed by atoms with Gasteiger partial charge in [-0.05, 0) is 33.3 Å². The summed E-state index contributed by atoms with van der Waals surface area (Å²) < 4.78 is 10.7. The molecule has 2 amide bonds. The number of nitrogens with zero attached hydrogens (tertiary/aromatic N) is 2. The van der Waals surface area contributed by atoms with E-state index in [9.17, 15) is 9.59 Å². The van der Waals surface area contributed by atoms with Crippen LogP contribution in [0.4, 0.5) is 9.59 Å². The minimum absolute atomic E-state index is 0.113. The fraction of sp³-hybridized carbons (Fsp3) is 0.556. The first-order chi connectivity index (χ1) is 11.3. The maximum absolute atomic E-state index is 12.2. The Bertz CT molecular complexity index is 568. The molecule has 132 valence electrons. The highest BCUT2D eigenvalue weighted by Crippen LogP contribution is 2.16. The quantitative estimate of drug-likeness (QED) is 0.833. The summed E-state index contributed by atoms with van der Waals surface area (Å²) in [6.07, 6.45) is -0.693. The molecular formula is C18H26N2O4. The lowest BCUT2D eigenvalue weighted by atomic mass is 10.2. The number of ether oxygens (including phenoxy) is 2. The Morgan fingerprint density at radius 1 is 1.12 bits per heavy atom. The van der Waals surface area contributed by atoms with E-state index in [-0.39, 0.29) is 24.8 Å². The molecule has 0 bridgehead atoms. The van der Waals surface area contributed by atoms with Crippen molar-refractivity contribution in [2.75, 3.05) is 19.6 Å². The summed E-state index contributed by atoms with van der Waals surface area (Å²) in [5.74, 6) is 0. The van der Waals surface area contributed by atoms with Gasteiger partial charge in [-0.1, -0.05) is 30.3 Å². The molecule has 6 nitrogen and oxygen atoms in total. The SMILES string of the molecule is C[C@@H]1CN(C(=O)OCc2ccccc2)CCN1C(=O)OC(C)(C)C. The molecule has 1 heterocycles. The number of piperazine rings is 1. The zero-order valence-electron chi connectivity index (χ0n) is 14.8. The Morgan fingerprint density at radius 2 is 1.79 bits per heavy atom. The molecule has 1 atom stereocenters. The summed E-state index contributed by atoms with van der Waals surface area (Å²) >= 11 is 0. The van der Waals surface area contributed by atoms with E-state index in [2.05, 4.69) is 0 Å². The molecule has 0 aromatic heterocycles. The van der Waals surface area contributed by atoms with Gasteiger partial charge in [-0.15, -0.1) is 0 Å². The van der Waals surface area contributed by atoms with E-state index in [0.29, 0.717) is 19.6 Å². The van der Waals surface area contributed by atoms with Crippen molar-refractivity contribution in [3.05, 3.63) is 35.9 Å². The maximum atomic E-state index is 12.2. The van der Waals surface area contributed by atoms with Crippen LogP contribution in [0.3, 0.4) is 0 Å². The molecule has 0 aliphatic carbocycles. The second-order valence-electron chi connectivity index (χ2n) is 7.01. The first-order valence-corrected chi connectivity index (χ1v) is 8.21. The van der Waals surface area contributed by atoms with Gasteiger partial charge in [-0.3, -0.25) is 0 Å². The lowest BCUT2D eigenvalue weighted by molar-refractivity contribution is -0.000327. The van der Waals surface area contributed by atoms with Gasteiger partial charge in [-0.2, -0.15) is 0 Å². The largest absolute Gasteiger partial charge is 0.445 e. The first kappa shape index (κ1) is 18.1. The monoisotopic (exact) mass is 334 g/mol. The van der Waals surface area contributed by atoms with E-state index in [1.54, 1.807) is 9.80 Å². The number of carbonyl (C=O) groups excluding carboxylic acids is 2. The molecule has 1 aliphatic rings. The molecule has 0 spiro atoms. The van der Waals surface area contributed by atoms with Crippen LogP contribution in [-0.4, -0.2) is 53.3 Å². The highest BCUT2D eigenvalue weighted by molar-refractivity contribution is 5.71. The topological polar surface area (TPSA) is 59.1 Å². The predicted molar refractivity (Wildman–Crippen MR) is 90.6 cm³/mol. The third-order valence-corrected chi connectivity index (χ3v) is 3.72. The molecule has 6 heteroatoms. The predicted octanol–water partition coefficient (Wildman–Crippen LogP) is 3.26. The van der Waals surface area contributed by atoms with Gasteiger partial charge >= 0.3 is 12.2 Å². The van der Waals surface area contributed by atoms with Crippen molar-refractivity contribution >= 4 is 12.2 Å². The van der Waals surface area contributed by atoms with Crippen molar-refractivity contribution < 1.29 is 19.1 Å². The average Bonchev–Trinajstić information content (AvgIpc) is 2.51. The van der Waals surface area contributed by atoms with Gasteiger partial charge in [0.15, 0.2) is 0 Å². The van der Waals surface area contributed by atoms with Gasteiger partial charge < -0.3 is 19.3 Å². The summed E-state index contributed by atoms with van der Waals surface area (Å²) in [5, 5.41) is 0. The van der Waals surface area contributed by atoms with Crippen molar-refractivity contribution in [2.24, 2.45) is 0 Å². The fourth-order valence-electron chi connectivity index (χ4n) is 2.53. The Morgan fingerprint density at radius 3 is 2.38 bits per heavy atom. The molecule has 0 radical (unpaired) electrons. The van der Waals surface area contributed by atoms with Crippen LogP contribution in [-0.2, 0) is 16.1 Å². The van der Waals surface area contributed by atoms with E-state index >= 15 is 0 Å². The molecule has 1 aromatic rings. The molecule has 1 fully saturated rings. The molecular weight excluding hydrogens is 308 g/mol. The third-order valence-electron chi connectivity index (χ3n) is 3.72. The molecule has 2 rings (SSSR count). The maximum Gasteiger partial charge on any atom is 0.410 e. The number of benzene rings is 1. The smallest absolute Gasteiger partial charge is 0.410 e. The Kier molecular flexibility index (Phi) is 5.70. The minimum Gasteiger partial charge on any atom is -0.445 e. The second-order valence-corrected chi connectivity index (χ2v) is 7.01. The number of rotatable bonds is 2. The second kappa shape index (κ2) is 7.55. The third kappa shape index (κ3) is 5.15. The van der Waals surface area contributed by atoms with Crippen molar-refractivity contribution in [2.45, 2.75) is 45.9 Å². The van der Waals surface area contributed by atoms with Crippen LogP contribution in [0.1, 0.15) is 33.3 Å². The Balaban J connectivity index is 1.83. The van der Waals surface area contributed by atoms with Gasteiger partial charge in [0, 0.05) is 19.6 Å². The van der Waals surface area contributed by atoms with Gasteiger partial charge in [0.05, 0.1) is 6.04 Å². The highest BCUT2D eigenvalue weighted by Gasteiger charge is 2.33. The molecule has 1 saturated heterocycles. The van der Waals surface area contributed by atoms with Crippen LogP contribution >= 0.6 is 0 Å². The summed E-state index contributed by atoms with van der Waals surface area (Å²) in [6.45, 7) is 8.99. The summed E-state index contributed by atoms with van der Waals surface area (Å²) in [7, 11) is 0. The van der Waals surface area contributed by atoms with Crippen molar-refractivity contribution in [1.82, 2.24) is 9.80 Å². The highest BCUT2D eigenvalue weighted by atomic mass is 16.6. The van der Waals surface area contributed by atoms with E-state index in [1.807, 2.05) is 58.0 Å².